The van der Waals surface area contributed by atoms with Crippen LogP contribution in [0.15, 0.2) is 24.3 Å². The van der Waals surface area contributed by atoms with Gasteiger partial charge in [-0.05, 0) is 23.7 Å². The molecule has 66 valence electrons. The van der Waals surface area contributed by atoms with Crippen molar-refractivity contribution in [2.24, 2.45) is 0 Å². The highest BCUT2D eigenvalue weighted by molar-refractivity contribution is 6.67. The number of carbonyl (C=O) groups excluding carboxylic acids is 1. The molecule has 0 amide bonds. The van der Waals surface area contributed by atoms with E-state index < -0.39 is 11.9 Å². The third kappa shape index (κ3) is 2.89. The zero-order valence-corrected chi connectivity index (χ0v) is 7.44. The van der Waals surface area contributed by atoms with E-state index in [0.29, 0.717) is 11.1 Å². The Morgan fingerprint density at radius 1 is 1.54 bits per heavy atom. The summed E-state index contributed by atoms with van der Waals surface area (Å²) in [7, 11) is 0. The van der Waals surface area contributed by atoms with Crippen molar-refractivity contribution in [3.05, 3.63) is 35.4 Å². The molecule has 0 saturated heterocycles. The van der Waals surface area contributed by atoms with Gasteiger partial charge in [-0.2, -0.15) is 0 Å². The molecule has 1 aromatic carbocycles. The van der Waals surface area contributed by atoms with Crippen molar-refractivity contribution in [1.29, 1.82) is 0 Å². The molecule has 0 unspecified atom stereocenters. The van der Waals surface area contributed by atoms with E-state index in [1.165, 1.54) is 6.07 Å². The average molecular weight is 197 g/mol. The molecular formula is C10H6ClFO. The Hall–Kier alpha value is -1.33. The van der Waals surface area contributed by atoms with Gasteiger partial charge in [-0.1, -0.05) is 24.0 Å². The van der Waals surface area contributed by atoms with Crippen LogP contribution in [-0.4, -0.2) is 11.9 Å². The Kier molecular flexibility index (Phi) is 3.48. The molecule has 0 aliphatic carbocycles. The van der Waals surface area contributed by atoms with Crippen LogP contribution in [0, 0.1) is 11.8 Å². The zero-order valence-electron chi connectivity index (χ0n) is 6.68. The van der Waals surface area contributed by atoms with Crippen LogP contribution in [0.4, 0.5) is 4.39 Å². The van der Waals surface area contributed by atoms with Crippen LogP contribution >= 0.6 is 11.6 Å². The highest BCUT2D eigenvalue weighted by atomic mass is 35.5. The Balaban J connectivity index is 2.98. The van der Waals surface area contributed by atoms with E-state index in [-0.39, 0.29) is 0 Å². The summed E-state index contributed by atoms with van der Waals surface area (Å²) in [6.07, 6.45) is 0. The molecule has 1 rings (SSSR count). The Labute approximate surface area is 80.5 Å². The minimum atomic E-state index is -0.695. The smallest absolute Gasteiger partial charge is 0.252 e. The molecule has 0 spiro atoms. The van der Waals surface area contributed by atoms with Gasteiger partial charge in [-0.3, -0.25) is 4.79 Å². The second-order valence-corrected chi connectivity index (χ2v) is 2.63. The highest BCUT2D eigenvalue weighted by Crippen LogP contribution is 2.06. The summed E-state index contributed by atoms with van der Waals surface area (Å²) in [6.45, 7) is -0.695. The Morgan fingerprint density at radius 2 is 2.31 bits per heavy atom. The minimum Gasteiger partial charge on any atom is -0.276 e. The second kappa shape index (κ2) is 4.64. The van der Waals surface area contributed by atoms with E-state index in [9.17, 15) is 9.18 Å². The molecule has 1 nitrogen and oxygen atoms in total. The molecule has 0 heterocycles. The molecule has 0 aliphatic heterocycles. The molecule has 0 N–H and O–H groups in total. The van der Waals surface area contributed by atoms with Gasteiger partial charge in [0.25, 0.3) is 5.24 Å². The van der Waals surface area contributed by atoms with Gasteiger partial charge >= 0.3 is 0 Å². The van der Waals surface area contributed by atoms with Crippen LogP contribution in [-0.2, 0) is 0 Å². The summed E-state index contributed by atoms with van der Waals surface area (Å²) in [6, 6.07) is 6.44. The summed E-state index contributed by atoms with van der Waals surface area (Å²) in [5.41, 5.74) is 0.955. The lowest BCUT2D eigenvalue weighted by Gasteiger charge is -1.93. The lowest BCUT2D eigenvalue weighted by atomic mass is 10.1. The minimum absolute atomic E-state index is 0.368. The van der Waals surface area contributed by atoms with E-state index in [0.717, 1.165) is 0 Å². The maximum absolute atomic E-state index is 11.7. The molecule has 0 aromatic heterocycles. The first kappa shape index (κ1) is 9.76. The van der Waals surface area contributed by atoms with Crippen LogP contribution in [0.1, 0.15) is 15.9 Å². The quantitative estimate of drug-likeness (QED) is 0.498. The number of rotatable bonds is 1. The largest absolute Gasteiger partial charge is 0.276 e. The fourth-order valence-electron chi connectivity index (χ4n) is 0.855. The third-order valence-corrected chi connectivity index (χ3v) is 1.61. The molecule has 0 aliphatic rings. The van der Waals surface area contributed by atoms with Crippen molar-refractivity contribution >= 4 is 16.8 Å². The van der Waals surface area contributed by atoms with Crippen LogP contribution < -0.4 is 0 Å². The number of benzene rings is 1. The molecule has 0 atom stereocenters. The molecule has 13 heavy (non-hydrogen) atoms. The Bertz CT molecular complexity index is 376. The molecular weight excluding hydrogens is 191 g/mol. The summed E-state index contributed by atoms with van der Waals surface area (Å²) in [5.74, 6) is 4.81. The fraction of sp³-hybridized carbons (Fsp3) is 0.100. The van der Waals surface area contributed by atoms with Crippen LogP contribution in [0.3, 0.4) is 0 Å². The number of hydrogen-bond acceptors (Lipinski definition) is 1. The van der Waals surface area contributed by atoms with E-state index in [1.807, 2.05) is 0 Å². The molecule has 0 saturated carbocycles. The second-order valence-electron chi connectivity index (χ2n) is 2.29. The predicted molar refractivity (Wildman–Crippen MR) is 49.5 cm³/mol. The number of hydrogen-bond donors (Lipinski definition) is 0. The van der Waals surface area contributed by atoms with Crippen molar-refractivity contribution in [3.8, 4) is 11.8 Å². The molecule has 3 heteroatoms. The number of carbonyl (C=O) groups is 1. The first-order chi connectivity index (χ1) is 6.24. The standard InChI is InChI=1S/C10H6ClFO/c11-10(13)9-5-1-3-8(7-9)4-2-6-12/h1,3,5,7H,6H2. The van der Waals surface area contributed by atoms with Crippen molar-refractivity contribution in [1.82, 2.24) is 0 Å². The topological polar surface area (TPSA) is 17.1 Å². The molecule has 1 aromatic rings. The van der Waals surface area contributed by atoms with E-state index in [4.69, 9.17) is 11.6 Å². The third-order valence-electron chi connectivity index (χ3n) is 1.39. The van der Waals surface area contributed by atoms with Gasteiger partial charge in [0.05, 0.1) is 0 Å². The van der Waals surface area contributed by atoms with Gasteiger partial charge < -0.3 is 0 Å². The summed E-state index contributed by atoms with van der Waals surface area (Å²) >= 11 is 5.25. The SMILES string of the molecule is O=C(Cl)c1cccc(C#CCF)c1. The van der Waals surface area contributed by atoms with Gasteiger partial charge in [0.15, 0.2) is 6.67 Å². The van der Waals surface area contributed by atoms with Crippen molar-refractivity contribution in [2.75, 3.05) is 6.67 Å². The maximum Gasteiger partial charge on any atom is 0.252 e. The molecule has 0 fully saturated rings. The van der Waals surface area contributed by atoms with Gasteiger partial charge in [0, 0.05) is 11.1 Å². The van der Waals surface area contributed by atoms with Gasteiger partial charge in [-0.25, -0.2) is 4.39 Å². The molecule has 0 radical (unpaired) electrons. The first-order valence-electron chi connectivity index (χ1n) is 3.59. The van der Waals surface area contributed by atoms with Crippen molar-refractivity contribution < 1.29 is 9.18 Å². The fourth-order valence-corrected chi connectivity index (χ4v) is 0.972. The average Bonchev–Trinajstić information content (AvgIpc) is 2.15. The number of halogens is 2. The zero-order chi connectivity index (χ0) is 9.68. The lowest BCUT2D eigenvalue weighted by Crippen LogP contribution is -1.88. The van der Waals surface area contributed by atoms with Crippen LogP contribution in [0.25, 0.3) is 0 Å². The van der Waals surface area contributed by atoms with E-state index in [1.54, 1.807) is 18.2 Å². The van der Waals surface area contributed by atoms with Crippen molar-refractivity contribution in [2.45, 2.75) is 0 Å². The first-order valence-corrected chi connectivity index (χ1v) is 3.96. The predicted octanol–water partition coefficient (Wildman–Crippen LogP) is 2.39. The van der Waals surface area contributed by atoms with Gasteiger partial charge in [0.2, 0.25) is 0 Å². The monoisotopic (exact) mass is 196 g/mol. The van der Waals surface area contributed by atoms with E-state index in [2.05, 4.69) is 11.8 Å². The summed E-state index contributed by atoms with van der Waals surface area (Å²) < 4.78 is 11.7. The van der Waals surface area contributed by atoms with Crippen LogP contribution in [0.5, 0.6) is 0 Å². The van der Waals surface area contributed by atoms with E-state index >= 15 is 0 Å². The lowest BCUT2D eigenvalue weighted by molar-refractivity contribution is 0.108. The highest BCUT2D eigenvalue weighted by Gasteiger charge is 2.00. The van der Waals surface area contributed by atoms with Gasteiger partial charge in [-0.15, -0.1) is 0 Å². The summed E-state index contributed by atoms with van der Waals surface area (Å²) in [4.78, 5) is 10.7. The Morgan fingerprint density at radius 3 is 2.92 bits per heavy atom. The van der Waals surface area contributed by atoms with Crippen molar-refractivity contribution in [3.63, 3.8) is 0 Å². The van der Waals surface area contributed by atoms with Gasteiger partial charge in [0.1, 0.15) is 0 Å². The molecule has 0 bridgehead atoms. The van der Waals surface area contributed by atoms with Crippen LogP contribution in [0.2, 0.25) is 0 Å². The summed E-state index contributed by atoms with van der Waals surface area (Å²) in [5, 5.41) is -0.538. The normalized spacial score (nSPS) is 8.77. The maximum atomic E-state index is 11.7. The number of alkyl halides is 1.